The molecular weight excluding hydrogens is 476 g/mol. The summed E-state index contributed by atoms with van der Waals surface area (Å²) in [6.07, 6.45) is 0. The maximum absolute atomic E-state index is 13.2. The van der Waals surface area contributed by atoms with Gasteiger partial charge in [0.1, 0.15) is 17.2 Å². The van der Waals surface area contributed by atoms with Crippen molar-refractivity contribution >= 4 is 38.0 Å². The molecule has 0 atom stereocenters. The number of benzene rings is 4. The van der Waals surface area contributed by atoms with E-state index in [4.69, 9.17) is 0 Å². The SMILES string of the molecule is Cc1ccc(-c2nnc(Nc3cccc(O)c3)c3ccccc23)cc1S(=O)(=O)Nc1ccc(O)cc1. The number of hydrogen-bond acceptors (Lipinski definition) is 7. The van der Waals surface area contributed by atoms with E-state index < -0.39 is 10.0 Å². The number of aromatic nitrogens is 2. The number of anilines is 3. The number of nitrogens with one attached hydrogen (secondary N) is 2. The van der Waals surface area contributed by atoms with Crippen LogP contribution in [0.15, 0.2) is 95.9 Å². The summed E-state index contributed by atoms with van der Waals surface area (Å²) in [5.74, 6) is 0.681. The van der Waals surface area contributed by atoms with Gasteiger partial charge in [0, 0.05) is 33.8 Å². The van der Waals surface area contributed by atoms with E-state index in [-0.39, 0.29) is 16.4 Å². The number of sulfonamides is 1. The maximum atomic E-state index is 13.2. The molecule has 0 saturated heterocycles. The normalized spacial score (nSPS) is 11.4. The van der Waals surface area contributed by atoms with Gasteiger partial charge in [0.2, 0.25) is 0 Å². The fourth-order valence-electron chi connectivity index (χ4n) is 3.91. The van der Waals surface area contributed by atoms with Gasteiger partial charge >= 0.3 is 0 Å². The Morgan fingerprint density at radius 1 is 0.722 bits per heavy atom. The first-order valence-corrected chi connectivity index (χ1v) is 12.5. The Hall–Kier alpha value is -4.63. The summed E-state index contributed by atoms with van der Waals surface area (Å²) in [5.41, 5.74) is 2.70. The van der Waals surface area contributed by atoms with Crippen LogP contribution in [0.1, 0.15) is 5.56 Å². The fourth-order valence-corrected chi connectivity index (χ4v) is 5.24. The third-order valence-corrected chi connectivity index (χ3v) is 7.19. The van der Waals surface area contributed by atoms with Gasteiger partial charge in [-0.2, -0.15) is 0 Å². The topological polar surface area (TPSA) is 124 Å². The third-order valence-electron chi connectivity index (χ3n) is 5.67. The van der Waals surface area contributed by atoms with Crippen molar-refractivity contribution in [2.75, 3.05) is 10.0 Å². The van der Waals surface area contributed by atoms with Gasteiger partial charge in [0.15, 0.2) is 5.82 Å². The maximum Gasteiger partial charge on any atom is 0.262 e. The zero-order valence-corrected chi connectivity index (χ0v) is 20.0. The zero-order valence-electron chi connectivity index (χ0n) is 19.2. The van der Waals surface area contributed by atoms with Crippen LogP contribution in [0.25, 0.3) is 22.0 Å². The summed E-state index contributed by atoms with van der Waals surface area (Å²) >= 11 is 0. The average Bonchev–Trinajstić information content (AvgIpc) is 2.86. The second kappa shape index (κ2) is 9.20. The summed E-state index contributed by atoms with van der Waals surface area (Å²) in [7, 11) is -3.91. The monoisotopic (exact) mass is 498 g/mol. The van der Waals surface area contributed by atoms with E-state index in [1.807, 2.05) is 36.4 Å². The molecule has 0 aliphatic rings. The predicted molar refractivity (Wildman–Crippen MR) is 140 cm³/mol. The largest absolute Gasteiger partial charge is 0.508 e. The quantitative estimate of drug-likeness (QED) is 0.226. The lowest BCUT2D eigenvalue weighted by Crippen LogP contribution is -2.14. The van der Waals surface area contributed by atoms with Gasteiger partial charge in [0.25, 0.3) is 10.0 Å². The molecule has 9 heteroatoms. The van der Waals surface area contributed by atoms with Crippen molar-refractivity contribution in [1.29, 1.82) is 0 Å². The Morgan fingerprint density at radius 2 is 1.47 bits per heavy atom. The number of aromatic hydroxyl groups is 2. The highest BCUT2D eigenvalue weighted by atomic mass is 32.2. The van der Waals surface area contributed by atoms with E-state index in [9.17, 15) is 18.6 Å². The van der Waals surface area contributed by atoms with Crippen LogP contribution < -0.4 is 10.0 Å². The van der Waals surface area contributed by atoms with E-state index >= 15 is 0 Å². The van der Waals surface area contributed by atoms with Crippen LogP contribution in [0, 0.1) is 6.92 Å². The molecule has 0 spiro atoms. The molecule has 8 nitrogen and oxygen atoms in total. The van der Waals surface area contributed by atoms with E-state index in [2.05, 4.69) is 20.2 Å². The van der Waals surface area contributed by atoms with Crippen molar-refractivity contribution in [2.24, 2.45) is 0 Å². The Morgan fingerprint density at radius 3 is 2.22 bits per heavy atom. The lowest BCUT2D eigenvalue weighted by atomic mass is 10.0. The van der Waals surface area contributed by atoms with Gasteiger partial charge in [0.05, 0.1) is 4.90 Å². The van der Waals surface area contributed by atoms with Crippen LogP contribution in [-0.2, 0) is 10.0 Å². The van der Waals surface area contributed by atoms with Crippen LogP contribution in [-0.4, -0.2) is 28.8 Å². The fraction of sp³-hybridized carbons (Fsp3) is 0.0370. The van der Waals surface area contributed by atoms with Crippen LogP contribution in [0.5, 0.6) is 11.5 Å². The molecule has 5 rings (SSSR count). The highest BCUT2D eigenvalue weighted by molar-refractivity contribution is 7.92. The number of phenols is 2. The van der Waals surface area contributed by atoms with Crippen molar-refractivity contribution in [3.8, 4) is 22.8 Å². The Bertz CT molecular complexity index is 1690. The van der Waals surface area contributed by atoms with Crippen LogP contribution in [0.2, 0.25) is 0 Å². The molecule has 4 aromatic carbocycles. The number of aryl methyl sites for hydroxylation is 1. The molecule has 0 aliphatic carbocycles. The summed E-state index contributed by atoms with van der Waals surface area (Å²) in [6.45, 7) is 1.72. The van der Waals surface area contributed by atoms with Gasteiger partial charge in [-0.25, -0.2) is 8.42 Å². The van der Waals surface area contributed by atoms with Crippen molar-refractivity contribution in [1.82, 2.24) is 10.2 Å². The lowest BCUT2D eigenvalue weighted by Gasteiger charge is -2.14. The molecule has 0 saturated carbocycles. The van der Waals surface area contributed by atoms with Crippen LogP contribution in [0.3, 0.4) is 0 Å². The molecule has 180 valence electrons. The molecule has 0 unspecified atom stereocenters. The number of phenolic OH excluding ortho intramolecular Hbond substituents is 2. The summed E-state index contributed by atoms with van der Waals surface area (Å²) in [5, 5.41) is 32.8. The molecule has 1 aromatic heterocycles. The molecule has 4 N–H and O–H groups in total. The van der Waals surface area contributed by atoms with Gasteiger partial charge in [-0.05, 0) is 55.0 Å². The molecule has 0 amide bonds. The lowest BCUT2D eigenvalue weighted by molar-refractivity contribution is 0.475. The van der Waals surface area contributed by atoms with Crippen molar-refractivity contribution in [2.45, 2.75) is 11.8 Å². The predicted octanol–water partition coefficient (Wildman–Crippen LogP) is 5.56. The standard InChI is InChI=1S/C27H22N4O4S/c1-17-9-10-18(15-25(17)36(34,35)31-19-11-13-21(32)14-12-19)26-23-7-2-3-8-24(23)27(30-29-26)28-20-5-4-6-22(33)16-20/h2-16,31-33H,1H3,(H,28,30). The van der Waals surface area contributed by atoms with Crippen molar-refractivity contribution in [3.05, 3.63) is 96.6 Å². The van der Waals surface area contributed by atoms with Crippen molar-refractivity contribution < 1.29 is 18.6 Å². The third kappa shape index (κ3) is 4.64. The Kier molecular flexibility index (Phi) is 5.91. The van der Waals surface area contributed by atoms with E-state index in [0.717, 1.165) is 10.8 Å². The molecule has 36 heavy (non-hydrogen) atoms. The van der Waals surface area contributed by atoms with E-state index in [1.54, 1.807) is 37.3 Å². The molecule has 5 aromatic rings. The van der Waals surface area contributed by atoms with Gasteiger partial charge in [-0.1, -0.05) is 42.5 Å². The number of nitrogens with zero attached hydrogens (tertiary/aromatic N) is 2. The number of hydrogen-bond donors (Lipinski definition) is 4. The minimum atomic E-state index is -3.91. The minimum Gasteiger partial charge on any atom is -0.508 e. The van der Waals surface area contributed by atoms with Gasteiger partial charge < -0.3 is 15.5 Å². The zero-order chi connectivity index (χ0) is 25.3. The van der Waals surface area contributed by atoms with E-state index in [0.29, 0.717) is 34.0 Å². The summed E-state index contributed by atoms with van der Waals surface area (Å²) in [6, 6.07) is 25.2. The average molecular weight is 499 g/mol. The smallest absolute Gasteiger partial charge is 0.262 e. The molecule has 0 aliphatic heterocycles. The van der Waals surface area contributed by atoms with Crippen LogP contribution >= 0.6 is 0 Å². The first kappa shape index (κ1) is 23.1. The molecular formula is C27H22N4O4S. The molecule has 0 fully saturated rings. The molecule has 0 bridgehead atoms. The first-order chi connectivity index (χ1) is 17.3. The Labute approximate surface area is 208 Å². The van der Waals surface area contributed by atoms with Crippen molar-refractivity contribution in [3.63, 3.8) is 0 Å². The summed E-state index contributed by atoms with van der Waals surface area (Å²) in [4.78, 5) is 0.112. The molecule has 0 radical (unpaired) electrons. The second-order valence-corrected chi connectivity index (χ2v) is 9.90. The van der Waals surface area contributed by atoms with E-state index in [1.165, 1.54) is 24.3 Å². The minimum absolute atomic E-state index is 0.0450. The molecule has 1 heterocycles. The highest BCUT2D eigenvalue weighted by Gasteiger charge is 2.20. The Balaban J connectivity index is 1.56. The van der Waals surface area contributed by atoms with Crippen LogP contribution in [0.4, 0.5) is 17.2 Å². The van der Waals surface area contributed by atoms with Gasteiger partial charge in [-0.15, -0.1) is 10.2 Å². The summed E-state index contributed by atoms with van der Waals surface area (Å²) < 4.78 is 29.0. The second-order valence-electron chi connectivity index (χ2n) is 8.25. The first-order valence-electron chi connectivity index (χ1n) is 11.0. The highest BCUT2D eigenvalue weighted by Crippen LogP contribution is 2.33. The van der Waals surface area contributed by atoms with Gasteiger partial charge in [-0.3, -0.25) is 4.72 Å². The number of fused-ring (bicyclic) bond motifs is 1. The number of rotatable bonds is 6.